The van der Waals surface area contributed by atoms with Gasteiger partial charge in [0.25, 0.3) is 0 Å². The van der Waals surface area contributed by atoms with Crippen LogP contribution in [0, 0.1) is 23.7 Å². The van der Waals surface area contributed by atoms with Gasteiger partial charge in [0.15, 0.2) is 0 Å². The Hall–Kier alpha value is -0.530. The van der Waals surface area contributed by atoms with Crippen molar-refractivity contribution >= 4 is 5.97 Å². The van der Waals surface area contributed by atoms with Crippen LogP contribution in [0.15, 0.2) is 0 Å². The zero-order chi connectivity index (χ0) is 12.3. The Morgan fingerprint density at radius 3 is 1.82 bits per heavy atom. The van der Waals surface area contributed by atoms with Gasteiger partial charge in [-0.05, 0) is 56.3 Å². The molecular weight excluding hydrogens is 212 g/mol. The minimum Gasteiger partial charge on any atom is -0.481 e. The highest BCUT2D eigenvalue weighted by atomic mass is 16.4. The Labute approximate surface area is 105 Å². The molecule has 0 unspecified atom stereocenters. The van der Waals surface area contributed by atoms with Crippen molar-refractivity contribution in [2.75, 3.05) is 0 Å². The summed E-state index contributed by atoms with van der Waals surface area (Å²) in [5.41, 5.74) is 0. The summed E-state index contributed by atoms with van der Waals surface area (Å²) in [6, 6.07) is 0. The van der Waals surface area contributed by atoms with E-state index in [1.54, 1.807) is 0 Å². The predicted molar refractivity (Wildman–Crippen MR) is 68.8 cm³/mol. The monoisotopic (exact) mass is 238 g/mol. The largest absolute Gasteiger partial charge is 0.481 e. The van der Waals surface area contributed by atoms with E-state index in [2.05, 4.69) is 6.92 Å². The molecule has 2 saturated carbocycles. The average molecular weight is 238 g/mol. The second kappa shape index (κ2) is 5.88. The lowest BCUT2D eigenvalue weighted by atomic mass is 9.69. The van der Waals surface area contributed by atoms with Crippen molar-refractivity contribution < 1.29 is 9.90 Å². The molecule has 0 aromatic heterocycles. The Morgan fingerprint density at radius 2 is 1.41 bits per heavy atom. The van der Waals surface area contributed by atoms with E-state index >= 15 is 0 Å². The fourth-order valence-electron chi connectivity index (χ4n) is 3.91. The van der Waals surface area contributed by atoms with Crippen molar-refractivity contribution in [1.29, 1.82) is 0 Å². The highest BCUT2D eigenvalue weighted by Gasteiger charge is 2.32. The molecule has 0 aromatic rings. The summed E-state index contributed by atoms with van der Waals surface area (Å²) in [6.07, 6.45) is 11.2. The second-order valence-electron chi connectivity index (χ2n) is 6.14. The third-order valence-corrected chi connectivity index (χ3v) is 5.26. The third-order valence-electron chi connectivity index (χ3n) is 5.26. The molecule has 0 radical (unpaired) electrons. The number of carboxylic acids is 1. The summed E-state index contributed by atoms with van der Waals surface area (Å²) in [6.45, 7) is 2.31. The van der Waals surface area contributed by atoms with Gasteiger partial charge in [-0.3, -0.25) is 4.79 Å². The molecular formula is C15H26O2. The van der Waals surface area contributed by atoms with Crippen molar-refractivity contribution in [3.63, 3.8) is 0 Å². The molecule has 0 bridgehead atoms. The SMILES string of the molecule is CC[C@H]1CC[C@H]([C@H]2CC[C@H](C(=O)O)CC2)CC1. The molecule has 0 saturated heterocycles. The summed E-state index contributed by atoms with van der Waals surface area (Å²) in [5.74, 6) is 2.11. The fraction of sp³-hybridized carbons (Fsp3) is 0.933. The maximum atomic E-state index is 10.9. The number of carbonyl (C=O) groups is 1. The van der Waals surface area contributed by atoms with E-state index in [9.17, 15) is 4.79 Å². The first kappa shape index (κ1) is 12.9. The zero-order valence-corrected chi connectivity index (χ0v) is 11.0. The molecule has 2 heteroatoms. The van der Waals surface area contributed by atoms with Gasteiger partial charge in [-0.2, -0.15) is 0 Å². The van der Waals surface area contributed by atoms with Gasteiger partial charge in [-0.25, -0.2) is 0 Å². The van der Waals surface area contributed by atoms with Crippen LogP contribution in [-0.2, 0) is 4.79 Å². The highest BCUT2D eigenvalue weighted by molar-refractivity contribution is 5.69. The lowest BCUT2D eigenvalue weighted by Gasteiger charge is -2.36. The van der Waals surface area contributed by atoms with Crippen LogP contribution < -0.4 is 0 Å². The first-order chi connectivity index (χ1) is 8.20. The summed E-state index contributed by atoms with van der Waals surface area (Å²) < 4.78 is 0. The van der Waals surface area contributed by atoms with Gasteiger partial charge in [0, 0.05) is 0 Å². The quantitative estimate of drug-likeness (QED) is 0.804. The van der Waals surface area contributed by atoms with Crippen molar-refractivity contribution in [2.45, 2.75) is 64.7 Å². The summed E-state index contributed by atoms with van der Waals surface area (Å²) in [4.78, 5) is 10.9. The minimum atomic E-state index is -0.571. The topological polar surface area (TPSA) is 37.3 Å². The maximum Gasteiger partial charge on any atom is 0.306 e. The lowest BCUT2D eigenvalue weighted by molar-refractivity contribution is -0.143. The van der Waals surface area contributed by atoms with Crippen LogP contribution in [-0.4, -0.2) is 11.1 Å². The Kier molecular flexibility index (Phi) is 4.47. The molecule has 0 aliphatic heterocycles. The molecule has 0 aromatic carbocycles. The predicted octanol–water partition coefficient (Wildman–Crippen LogP) is 4.09. The molecule has 2 nitrogen and oxygen atoms in total. The molecule has 0 atom stereocenters. The number of carboxylic acid groups (broad SMARTS) is 1. The Balaban J connectivity index is 1.76. The highest BCUT2D eigenvalue weighted by Crippen LogP contribution is 2.41. The van der Waals surface area contributed by atoms with Gasteiger partial charge in [0.1, 0.15) is 0 Å². The molecule has 1 N–H and O–H groups in total. The standard InChI is InChI=1S/C15H26O2/c1-2-11-3-5-12(6-4-11)13-7-9-14(10-8-13)15(16)17/h11-14H,2-10H2,1H3,(H,16,17)/t11-,12-,13-,14-. The van der Waals surface area contributed by atoms with Crippen molar-refractivity contribution in [3.8, 4) is 0 Å². The van der Waals surface area contributed by atoms with Gasteiger partial charge in [-0.15, -0.1) is 0 Å². The van der Waals surface area contributed by atoms with Crippen LogP contribution in [0.5, 0.6) is 0 Å². The first-order valence-electron chi connectivity index (χ1n) is 7.43. The van der Waals surface area contributed by atoms with E-state index in [0.717, 1.165) is 30.6 Å². The lowest BCUT2D eigenvalue weighted by Crippen LogP contribution is -2.28. The van der Waals surface area contributed by atoms with Crippen molar-refractivity contribution in [2.24, 2.45) is 23.7 Å². The zero-order valence-electron chi connectivity index (χ0n) is 11.0. The summed E-state index contributed by atoms with van der Waals surface area (Å²) in [7, 11) is 0. The first-order valence-corrected chi connectivity index (χ1v) is 7.43. The van der Waals surface area contributed by atoms with Crippen LogP contribution in [0.1, 0.15) is 64.7 Å². The number of aliphatic carboxylic acids is 1. The van der Waals surface area contributed by atoms with Gasteiger partial charge < -0.3 is 5.11 Å². The van der Waals surface area contributed by atoms with Crippen LogP contribution in [0.2, 0.25) is 0 Å². The number of rotatable bonds is 3. The van der Waals surface area contributed by atoms with E-state index in [1.807, 2.05) is 0 Å². The fourth-order valence-corrected chi connectivity index (χ4v) is 3.91. The average Bonchev–Trinajstić information content (AvgIpc) is 2.39. The molecule has 2 aliphatic carbocycles. The van der Waals surface area contributed by atoms with Gasteiger partial charge in [-0.1, -0.05) is 26.2 Å². The molecule has 2 fully saturated rings. The van der Waals surface area contributed by atoms with Crippen LogP contribution >= 0.6 is 0 Å². The van der Waals surface area contributed by atoms with E-state index in [4.69, 9.17) is 5.11 Å². The number of hydrogen-bond acceptors (Lipinski definition) is 1. The van der Waals surface area contributed by atoms with Crippen LogP contribution in [0.3, 0.4) is 0 Å². The maximum absolute atomic E-state index is 10.9. The molecule has 17 heavy (non-hydrogen) atoms. The van der Waals surface area contributed by atoms with Crippen LogP contribution in [0.4, 0.5) is 0 Å². The Morgan fingerprint density at radius 1 is 0.941 bits per heavy atom. The minimum absolute atomic E-state index is 0.0433. The van der Waals surface area contributed by atoms with E-state index < -0.39 is 5.97 Å². The van der Waals surface area contributed by atoms with Crippen molar-refractivity contribution in [1.82, 2.24) is 0 Å². The van der Waals surface area contributed by atoms with Gasteiger partial charge >= 0.3 is 5.97 Å². The normalized spacial score (nSPS) is 38.9. The summed E-state index contributed by atoms with van der Waals surface area (Å²) in [5, 5.41) is 9.00. The summed E-state index contributed by atoms with van der Waals surface area (Å²) >= 11 is 0. The van der Waals surface area contributed by atoms with Crippen LogP contribution in [0.25, 0.3) is 0 Å². The molecule has 0 spiro atoms. The van der Waals surface area contributed by atoms with Crippen molar-refractivity contribution in [3.05, 3.63) is 0 Å². The molecule has 98 valence electrons. The number of hydrogen-bond donors (Lipinski definition) is 1. The molecule has 0 amide bonds. The third kappa shape index (κ3) is 3.23. The van der Waals surface area contributed by atoms with Gasteiger partial charge in [0.05, 0.1) is 5.92 Å². The Bertz CT molecular complexity index is 246. The second-order valence-corrected chi connectivity index (χ2v) is 6.14. The van der Waals surface area contributed by atoms with E-state index in [1.165, 1.54) is 44.9 Å². The molecule has 0 heterocycles. The van der Waals surface area contributed by atoms with Gasteiger partial charge in [0.2, 0.25) is 0 Å². The van der Waals surface area contributed by atoms with E-state index in [0.29, 0.717) is 0 Å². The molecule has 2 rings (SSSR count). The molecule has 2 aliphatic rings. The smallest absolute Gasteiger partial charge is 0.306 e. The van der Waals surface area contributed by atoms with E-state index in [-0.39, 0.29) is 5.92 Å².